The van der Waals surface area contributed by atoms with Crippen molar-refractivity contribution in [3.8, 4) is 44.5 Å². The molecule has 0 saturated carbocycles. The minimum Gasteiger partial charge on any atom is -0.355 e. The second-order valence-corrected chi connectivity index (χ2v) is 21.0. The molecule has 0 spiro atoms. The lowest BCUT2D eigenvalue weighted by molar-refractivity contribution is 0.590. The van der Waals surface area contributed by atoms with E-state index in [0.717, 1.165) is 34.0 Å². The molecule has 1 aliphatic heterocycles. The Morgan fingerprint density at radius 3 is 1.68 bits per heavy atom. The summed E-state index contributed by atoms with van der Waals surface area (Å²) in [6, 6.07) is 84.4. The molecule has 1 N–H and O–H groups in total. The molecule has 1 radical (unpaired) electrons. The maximum absolute atomic E-state index is 4.03. The van der Waals surface area contributed by atoms with Crippen molar-refractivity contribution in [1.29, 1.82) is 0 Å². The average molecular weight is 927 g/mol. The molecule has 10 aromatic carbocycles. The Labute approximate surface area is 426 Å². The van der Waals surface area contributed by atoms with Crippen molar-refractivity contribution >= 4 is 63.7 Å². The second kappa shape index (κ2) is 17.8. The van der Waals surface area contributed by atoms with Crippen LogP contribution in [0.2, 0.25) is 0 Å². The van der Waals surface area contributed by atoms with Crippen molar-refractivity contribution in [1.82, 2.24) is 0 Å². The van der Waals surface area contributed by atoms with Gasteiger partial charge in [0.15, 0.2) is 7.28 Å². The van der Waals surface area contributed by atoms with Crippen LogP contribution in [-0.4, -0.2) is 7.28 Å². The fourth-order valence-electron chi connectivity index (χ4n) is 11.2. The number of hydrogen-bond acceptors (Lipinski definition) is 3. The van der Waals surface area contributed by atoms with Crippen molar-refractivity contribution in [2.75, 3.05) is 15.1 Å². The van der Waals surface area contributed by atoms with Crippen LogP contribution in [0.5, 0.6) is 0 Å². The molecule has 1 aliphatic carbocycles. The summed E-state index contributed by atoms with van der Waals surface area (Å²) in [4.78, 5) is 4.95. The lowest BCUT2D eigenvalue weighted by atomic mass is 9.56. The molecule has 0 unspecified atom stereocenters. The molecule has 0 aromatic heterocycles. The summed E-state index contributed by atoms with van der Waals surface area (Å²) < 4.78 is 0. The molecule has 12 rings (SSSR count). The Balaban J connectivity index is 1.14. The van der Waals surface area contributed by atoms with Gasteiger partial charge in [-0.05, 0) is 140 Å². The number of para-hydroxylation sites is 2. The minimum absolute atomic E-state index is 0.00474. The molecule has 72 heavy (non-hydrogen) atoms. The highest BCUT2D eigenvalue weighted by Crippen LogP contribution is 2.56. The molecule has 2 aliphatic rings. The molecule has 0 saturated heterocycles. The van der Waals surface area contributed by atoms with E-state index in [1.165, 1.54) is 89.2 Å². The normalized spacial score (nSPS) is 13.1. The first-order valence-corrected chi connectivity index (χ1v) is 25.3. The van der Waals surface area contributed by atoms with Gasteiger partial charge in [-0.25, -0.2) is 0 Å². The van der Waals surface area contributed by atoms with Gasteiger partial charge in [0.1, 0.15) is 0 Å². The van der Waals surface area contributed by atoms with Crippen LogP contribution < -0.4 is 26.0 Å². The molecular weight excluding hydrogens is 870 g/mol. The van der Waals surface area contributed by atoms with Crippen LogP contribution in [0.1, 0.15) is 56.9 Å². The zero-order chi connectivity index (χ0) is 49.1. The van der Waals surface area contributed by atoms with Crippen LogP contribution >= 0.6 is 0 Å². The Kier molecular flexibility index (Phi) is 11.1. The van der Waals surface area contributed by atoms with Crippen LogP contribution in [0.4, 0.5) is 45.5 Å². The van der Waals surface area contributed by atoms with E-state index in [0.29, 0.717) is 0 Å². The summed E-state index contributed by atoms with van der Waals surface area (Å²) in [6.45, 7) is 14.0. The lowest BCUT2D eigenvalue weighted by Gasteiger charge is -2.39. The summed E-state index contributed by atoms with van der Waals surface area (Å²) in [5.41, 5.74) is 25.8. The number of rotatable bonds is 9. The summed E-state index contributed by atoms with van der Waals surface area (Å²) in [6.07, 6.45) is 0. The third kappa shape index (κ3) is 7.88. The van der Waals surface area contributed by atoms with Crippen molar-refractivity contribution in [3.63, 3.8) is 0 Å². The summed E-state index contributed by atoms with van der Waals surface area (Å²) in [7, 11) is 2.47. The molecule has 0 bridgehead atoms. The van der Waals surface area contributed by atoms with Gasteiger partial charge in [0.2, 0.25) is 0 Å². The summed E-state index contributed by atoms with van der Waals surface area (Å²) >= 11 is 0. The second-order valence-electron chi connectivity index (χ2n) is 21.0. The van der Waals surface area contributed by atoms with E-state index in [4.69, 9.17) is 0 Å². The monoisotopic (exact) mass is 926 g/mol. The van der Waals surface area contributed by atoms with Crippen LogP contribution in [-0.2, 0) is 10.8 Å². The molecule has 0 atom stereocenters. The standard InChI is InChI=1S/C68H57BN3/c1-45-41-50(67(2,3)4)34-40-62(45)72-63-39-33-49(47-23-13-8-14-24-47)42-60(63)69-65-57(44-59-64(66(65)72)56-29-19-20-30-58(56)68(59,5)6)55-38-37-54(71(52-25-15-9-16-26-52)53-27-17-10-18-28-53)43-61(55)70-51-35-31-48(32-36-51)46-21-11-7-12-22-46/h7-44,70H,1-6H3. The van der Waals surface area contributed by atoms with Crippen LogP contribution in [0.3, 0.4) is 0 Å². The summed E-state index contributed by atoms with van der Waals surface area (Å²) in [5, 5.41) is 4.03. The smallest absolute Gasteiger partial charge is 0.197 e. The molecule has 10 aromatic rings. The number of fused-ring (bicyclic) bond motifs is 6. The van der Waals surface area contributed by atoms with Crippen molar-refractivity contribution in [3.05, 3.63) is 253 Å². The number of benzene rings is 10. The molecular formula is C68H57BN3. The van der Waals surface area contributed by atoms with E-state index in [1.54, 1.807) is 0 Å². The van der Waals surface area contributed by atoms with Crippen LogP contribution in [0, 0.1) is 6.92 Å². The van der Waals surface area contributed by atoms with E-state index in [-0.39, 0.29) is 10.8 Å². The molecule has 347 valence electrons. The maximum Gasteiger partial charge on any atom is 0.197 e. The third-order valence-corrected chi connectivity index (χ3v) is 14.9. The van der Waals surface area contributed by atoms with Crippen LogP contribution in [0.25, 0.3) is 44.5 Å². The van der Waals surface area contributed by atoms with E-state index in [9.17, 15) is 0 Å². The van der Waals surface area contributed by atoms with Gasteiger partial charge >= 0.3 is 0 Å². The molecule has 1 heterocycles. The van der Waals surface area contributed by atoms with Gasteiger partial charge in [-0.2, -0.15) is 0 Å². The van der Waals surface area contributed by atoms with Crippen molar-refractivity contribution in [2.24, 2.45) is 0 Å². The van der Waals surface area contributed by atoms with E-state index in [1.807, 2.05) is 0 Å². The Hall–Kier alpha value is -8.34. The molecule has 3 nitrogen and oxygen atoms in total. The predicted octanol–water partition coefficient (Wildman–Crippen LogP) is 17.3. The topological polar surface area (TPSA) is 18.5 Å². The number of nitrogens with one attached hydrogen (secondary N) is 1. The highest BCUT2D eigenvalue weighted by molar-refractivity contribution is 6.73. The Bertz CT molecular complexity index is 3590. The highest BCUT2D eigenvalue weighted by Gasteiger charge is 2.42. The number of nitrogens with zero attached hydrogens (tertiary/aromatic N) is 2. The Morgan fingerprint density at radius 2 is 1.04 bits per heavy atom. The minimum atomic E-state index is -0.276. The van der Waals surface area contributed by atoms with E-state index < -0.39 is 0 Å². The van der Waals surface area contributed by atoms with Crippen molar-refractivity contribution in [2.45, 2.75) is 52.4 Å². The lowest BCUT2D eigenvalue weighted by Crippen LogP contribution is -2.42. The van der Waals surface area contributed by atoms with Gasteiger partial charge < -0.3 is 15.1 Å². The first kappa shape index (κ1) is 44.8. The summed E-state index contributed by atoms with van der Waals surface area (Å²) in [5.74, 6) is 0. The Morgan fingerprint density at radius 1 is 0.472 bits per heavy atom. The first-order valence-electron chi connectivity index (χ1n) is 25.3. The molecule has 4 heteroatoms. The number of anilines is 8. The largest absolute Gasteiger partial charge is 0.355 e. The highest BCUT2D eigenvalue weighted by atomic mass is 15.2. The SMILES string of the molecule is Cc1cc(C(C)(C)C)ccc1N1c2ccc(-c3ccccc3)cc2[B]c2c(-c3ccc(N(c4ccccc4)c4ccccc4)cc3Nc3ccc(-c4ccccc4)cc3)cc3c(c21)-c1ccccc1C3(C)C. The fourth-order valence-corrected chi connectivity index (χ4v) is 11.2. The fraction of sp³-hybridized carbons (Fsp3) is 0.118. The van der Waals surface area contributed by atoms with Crippen LogP contribution in [0.15, 0.2) is 231 Å². The average Bonchev–Trinajstić information content (AvgIpc) is 3.64. The zero-order valence-electron chi connectivity index (χ0n) is 41.9. The maximum atomic E-state index is 4.03. The van der Waals surface area contributed by atoms with Gasteiger partial charge in [-0.3, -0.25) is 0 Å². The quantitative estimate of drug-likeness (QED) is 0.146. The van der Waals surface area contributed by atoms with Gasteiger partial charge in [0.05, 0.1) is 0 Å². The van der Waals surface area contributed by atoms with E-state index >= 15 is 0 Å². The number of hydrogen-bond donors (Lipinski definition) is 1. The van der Waals surface area contributed by atoms with Gasteiger partial charge in [-0.15, -0.1) is 0 Å². The van der Waals surface area contributed by atoms with Crippen molar-refractivity contribution < 1.29 is 0 Å². The van der Waals surface area contributed by atoms with Gasteiger partial charge in [0.25, 0.3) is 0 Å². The van der Waals surface area contributed by atoms with Gasteiger partial charge in [-0.1, -0.05) is 204 Å². The molecule has 0 fully saturated rings. The first-order chi connectivity index (χ1) is 35.0. The zero-order valence-corrected chi connectivity index (χ0v) is 41.9. The molecule has 0 amide bonds. The predicted molar refractivity (Wildman–Crippen MR) is 308 cm³/mol. The van der Waals surface area contributed by atoms with Gasteiger partial charge in [0, 0.05) is 62.0 Å². The van der Waals surface area contributed by atoms with E-state index in [2.05, 4.69) is 294 Å². The number of aryl methyl sites for hydroxylation is 1. The third-order valence-electron chi connectivity index (χ3n) is 14.9.